The summed E-state index contributed by atoms with van der Waals surface area (Å²) in [5.41, 5.74) is 2.73. The first kappa shape index (κ1) is 25.4. The molecule has 7 nitrogen and oxygen atoms in total. The second kappa shape index (κ2) is 9.74. The molecule has 35 heavy (non-hydrogen) atoms. The molecule has 2 aromatic rings. The lowest BCUT2D eigenvalue weighted by molar-refractivity contribution is -0.122. The van der Waals surface area contributed by atoms with Crippen LogP contribution in [0.25, 0.3) is 0 Å². The number of nitrogens with zero attached hydrogens (tertiary/aromatic N) is 1. The zero-order chi connectivity index (χ0) is 25.4. The largest absolute Gasteiger partial charge is 0.326 e. The molecule has 1 aliphatic carbocycles. The van der Waals surface area contributed by atoms with Crippen molar-refractivity contribution in [2.45, 2.75) is 63.2 Å². The summed E-state index contributed by atoms with van der Waals surface area (Å²) in [6.07, 6.45) is 4.00. The quantitative estimate of drug-likeness (QED) is 0.599. The molecule has 2 amide bonds. The number of rotatable bonds is 7. The average molecular weight is 498 g/mol. The van der Waals surface area contributed by atoms with Crippen molar-refractivity contribution in [1.29, 1.82) is 0 Å². The number of likely N-dealkylation sites (N-methyl/N-ethyl adjacent to an activating group) is 1. The highest BCUT2D eigenvalue weighted by molar-refractivity contribution is 7.89. The van der Waals surface area contributed by atoms with Gasteiger partial charge in [0.25, 0.3) is 0 Å². The molecule has 1 saturated carbocycles. The summed E-state index contributed by atoms with van der Waals surface area (Å²) in [5.74, 6) is 0.129. The second-order valence-electron chi connectivity index (χ2n) is 10.3. The molecular weight excluding hydrogens is 462 g/mol. The Labute approximate surface area is 208 Å². The van der Waals surface area contributed by atoms with E-state index in [-0.39, 0.29) is 28.5 Å². The van der Waals surface area contributed by atoms with Crippen molar-refractivity contribution in [1.82, 2.24) is 4.72 Å². The molecule has 188 valence electrons. The number of carbonyl (C=O) groups is 2. The molecule has 1 heterocycles. The van der Waals surface area contributed by atoms with E-state index >= 15 is 0 Å². The van der Waals surface area contributed by atoms with Crippen molar-refractivity contribution < 1.29 is 18.0 Å². The monoisotopic (exact) mass is 497 g/mol. The fraction of sp³-hybridized carbons (Fsp3) is 0.481. The van der Waals surface area contributed by atoms with Crippen molar-refractivity contribution in [3.8, 4) is 0 Å². The van der Waals surface area contributed by atoms with Crippen LogP contribution in [0.4, 0.5) is 11.4 Å². The fourth-order valence-electron chi connectivity index (χ4n) is 5.17. The van der Waals surface area contributed by atoms with Crippen LogP contribution in [0.5, 0.6) is 0 Å². The van der Waals surface area contributed by atoms with E-state index in [0.29, 0.717) is 6.54 Å². The number of sulfonamides is 1. The first-order valence-electron chi connectivity index (χ1n) is 12.3. The van der Waals surface area contributed by atoms with E-state index in [1.807, 2.05) is 38.1 Å². The summed E-state index contributed by atoms with van der Waals surface area (Å²) in [6.45, 7) is 6.06. The maximum Gasteiger partial charge on any atom is 0.240 e. The lowest BCUT2D eigenvalue weighted by atomic mass is 9.81. The van der Waals surface area contributed by atoms with E-state index in [4.69, 9.17) is 0 Å². The number of nitrogens with one attached hydrogen (secondary N) is 2. The minimum absolute atomic E-state index is 0.0394. The Bertz CT molecular complexity index is 1230. The lowest BCUT2D eigenvalue weighted by Crippen LogP contribution is -2.34. The Hall–Kier alpha value is -2.71. The van der Waals surface area contributed by atoms with Crippen LogP contribution >= 0.6 is 0 Å². The van der Waals surface area contributed by atoms with Gasteiger partial charge in [-0.25, -0.2) is 13.1 Å². The Morgan fingerprint density at radius 1 is 1.09 bits per heavy atom. The number of amides is 2. The van der Waals surface area contributed by atoms with Crippen LogP contribution in [-0.4, -0.2) is 33.8 Å². The van der Waals surface area contributed by atoms with Gasteiger partial charge >= 0.3 is 0 Å². The molecule has 4 rings (SSSR count). The van der Waals surface area contributed by atoms with Crippen LogP contribution in [0, 0.1) is 11.8 Å². The summed E-state index contributed by atoms with van der Waals surface area (Å²) in [7, 11) is -1.99. The molecule has 2 aromatic carbocycles. The Kier molecular flexibility index (Phi) is 7.06. The highest BCUT2D eigenvalue weighted by atomic mass is 32.2. The van der Waals surface area contributed by atoms with E-state index in [1.54, 1.807) is 30.1 Å². The Morgan fingerprint density at radius 2 is 1.80 bits per heavy atom. The molecule has 0 atom stereocenters. The number of benzene rings is 2. The molecule has 0 unspecified atom stereocenters. The standard InChI is InChI=1S/C27H35N3O4S/c1-5-18-7-6-8-21(15-18)29-25(31)20-11-9-19(10-12-20)17-28-35(33,34)22-13-14-24-23(16-22)27(2,3)26(32)30(24)4/h6-8,13-16,19-20,28H,5,9-12,17H2,1-4H3,(H,29,31). The van der Waals surface area contributed by atoms with Crippen molar-refractivity contribution in [3.63, 3.8) is 0 Å². The highest BCUT2D eigenvalue weighted by Gasteiger charge is 2.42. The van der Waals surface area contributed by atoms with Crippen LogP contribution in [-0.2, 0) is 31.4 Å². The van der Waals surface area contributed by atoms with Crippen LogP contribution < -0.4 is 14.9 Å². The normalized spacial score (nSPS) is 21.6. The zero-order valence-corrected chi connectivity index (χ0v) is 21.7. The van der Waals surface area contributed by atoms with Crippen LogP contribution in [0.2, 0.25) is 0 Å². The topological polar surface area (TPSA) is 95.6 Å². The number of fused-ring (bicyclic) bond motifs is 1. The van der Waals surface area contributed by atoms with Crippen molar-refractivity contribution >= 4 is 33.2 Å². The van der Waals surface area contributed by atoms with E-state index < -0.39 is 15.4 Å². The average Bonchev–Trinajstić information content (AvgIpc) is 3.03. The van der Waals surface area contributed by atoms with Gasteiger partial charge in [-0.05, 0) is 93.3 Å². The predicted molar refractivity (Wildman–Crippen MR) is 138 cm³/mol. The molecule has 2 N–H and O–H groups in total. The van der Waals surface area contributed by atoms with E-state index in [1.165, 1.54) is 5.56 Å². The number of aryl methyl sites for hydroxylation is 1. The minimum atomic E-state index is -3.70. The highest BCUT2D eigenvalue weighted by Crippen LogP contribution is 2.41. The minimum Gasteiger partial charge on any atom is -0.326 e. The maximum absolute atomic E-state index is 13.0. The Morgan fingerprint density at radius 3 is 2.49 bits per heavy atom. The van der Waals surface area contributed by atoms with Gasteiger partial charge in [-0.2, -0.15) is 0 Å². The number of carbonyl (C=O) groups excluding carboxylic acids is 2. The number of hydrogen-bond donors (Lipinski definition) is 2. The summed E-state index contributed by atoms with van der Waals surface area (Å²) in [6, 6.07) is 12.8. The van der Waals surface area contributed by atoms with Crippen LogP contribution in [0.3, 0.4) is 0 Å². The van der Waals surface area contributed by atoms with Gasteiger partial charge in [-0.1, -0.05) is 19.1 Å². The van der Waals surface area contributed by atoms with Crippen molar-refractivity contribution in [2.24, 2.45) is 11.8 Å². The molecule has 0 bridgehead atoms. The van der Waals surface area contributed by atoms with Crippen LogP contribution in [0.1, 0.15) is 57.6 Å². The molecule has 1 fully saturated rings. The predicted octanol–water partition coefficient (Wildman–Crippen LogP) is 4.23. The van der Waals surface area contributed by atoms with Gasteiger partial charge in [-0.15, -0.1) is 0 Å². The molecule has 1 aliphatic heterocycles. The summed E-state index contributed by atoms with van der Waals surface area (Å²) in [4.78, 5) is 27.0. The van der Waals surface area contributed by atoms with Gasteiger partial charge in [0.2, 0.25) is 21.8 Å². The summed E-state index contributed by atoms with van der Waals surface area (Å²) >= 11 is 0. The lowest BCUT2D eigenvalue weighted by Gasteiger charge is -2.28. The van der Waals surface area contributed by atoms with Gasteiger partial charge < -0.3 is 10.2 Å². The second-order valence-corrected chi connectivity index (χ2v) is 12.0. The van der Waals surface area contributed by atoms with E-state index in [9.17, 15) is 18.0 Å². The van der Waals surface area contributed by atoms with E-state index in [2.05, 4.69) is 17.0 Å². The van der Waals surface area contributed by atoms with Crippen molar-refractivity contribution in [2.75, 3.05) is 23.8 Å². The molecule has 0 saturated heterocycles. The van der Waals surface area contributed by atoms with Gasteiger partial charge in [-0.3, -0.25) is 9.59 Å². The molecule has 0 radical (unpaired) electrons. The van der Waals surface area contributed by atoms with Gasteiger partial charge in [0.15, 0.2) is 0 Å². The third-order valence-corrected chi connectivity index (χ3v) is 8.96. The zero-order valence-electron chi connectivity index (χ0n) is 20.9. The molecule has 0 spiro atoms. The van der Waals surface area contributed by atoms with E-state index in [0.717, 1.165) is 49.0 Å². The fourth-order valence-corrected chi connectivity index (χ4v) is 6.31. The molecule has 0 aromatic heterocycles. The smallest absolute Gasteiger partial charge is 0.240 e. The maximum atomic E-state index is 13.0. The van der Waals surface area contributed by atoms with Crippen molar-refractivity contribution in [3.05, 3.63) is 53.6 Å². The molecular formula is C27H35N3O4S. The molecule has 8 heteroatoms. The number of anilines is 2. The third-order valence-electron chi connectivity index (χ3n) is 7.53. The molecule has 2 aliphatic rings. The summed E-state index contributed by atoms with van der Waals surface area (Å²) in [5, 5.41) is 3.03. The van der Waals surface area contributed by atoms with Gasteiger partial charge in [0.05, 0.1) is 10.3 Å². The van der Waals surface area contributed by atoms with Gasteiger partial charge in [0.1, 0.15) is 0 Å². The first-order chi connectivity index (χ1) is 16.5. The number of hydrogen-bond acceptors (Lipinski definition) is 4. The Balaban J connectivity index is 1.32. The first-order valence-corrected chi connectivity index (χ1v) is 13.8. The van der Waals surface area contributed by atoms with Crippen LogP contribution in [0.15, 0.2) is 47.4 Å². The third kappa shape index (κ3) is 5.14. The van der Waals surface area contributed by atoms with Gasteiger partial charge in [0, 0.05) is 30.9 Å². The summed E-state index contributed by atoms with van der Waals surface area (Å²) < 4.78 is 28.8. The SMILES string of the molecule is CCc1cccc(NC(=O)C2CCC(CNS(=O)(=O)c3ccc4c(c3)C(C)(C)C(=O)N4C)CC2)c1.